The molecule has 1 aromatic heterocycles. The summed E-state index contributed by atoms with van der Waals surface area (Å²) in [6.07, 6.45) is 3.69. The second-order valence-corrected chi connectivity index (χ2v) is 9.42. The van der Waals surface area contributed by atoms with E-state index in [-0.39, 0.29) is 28.8 Å². The Morgan fingerprint density at radius 3 is 2.89 bits per heavy atom. The molecule has 0 aromatic carbocycles. The second kappa shape index (κ2) is 6.57. The number of aryl methyl sites for hydroxylation is 1. The van der Waals surface area contributed by atoms with Crippen molar-refractivity contribution in [2.75, 3.05) is 0 Å². The number of aliphatic hydroxyl groups excluding tert-OH is 1. The molecule has 4 heterocycles. The van der Waals surface area contributed by atoms with E-state index in [0.717, 1.165) is 18.7 Å². The maximum Gasteiger partial charge on any atom is 0.354 e. The topological polar surface area (TPSA) is 130 Å². The number of nitrogens with zero attached hydrogens (tertiary/aromatic N) is 3. The van der Waals surface area contributed by atoms with Crippen LogP contribution in [0.3, 0.4) is 0 Å². The van der Waals surface area contributed by atoms with Gasteiger partial charge in [-0.1, -0.05) is 11.8 Å². The van der Waals surface area contributed by atoms with E-state index in [2.05, 4.69) is 0 Å². The molecule has 0 aliphatic carbocycles. The summed E-state index contributed by atoms with van der Waals surface area (Å²) in [7, 11) is 0. The number of carboxylic acids is 1. The van der Waals surface area contributed by atoms with Crippen LogP contribution in [0.1, 0.15) is 24.3 Å². The van der Waals surface area contributed by atoms with Crippen molar-refractivity contribution >= 4 is 41.3 Å². The third-order valence-electron chi connectivity index (χ3n) is 4.94. The summed E-state index contributed by atoms with van der Waals surface area (Å²) in [5.74, 6) is -2.48. The molecule has 1 fully saturated rings. The van der Waals surface area contributed by atoms with Crippen LogP contribution < -0.4 is 10.3 Å². The van der Waals surface area contributed by atoms with Gasteiger partial charge in [-0.25, -0.2) is 13.9 Å². The normalized spacial score (nSPS) is 27.4. The van der Waals surface area contributed by atoms with Gasteiger partial charge in [0, 0.05) is 6.42 Å². The third kappa shape index (κ3) is 2.93. The van der Waals surface area contributed by atoms with Crippen LogP contribution in [-0.4, -0.2) is 48.9 Å². The summed E-state index contributed by atoms with van der Waals surface area (Å²) in [5.41, 5.74) is 6.24. The van der Waals surface area contributed by atoms with Gasteiger partial charge in [0.1, 0.15) is 11.6 Å². The average molecular weight is 411 g/mol. The van der Waals surface area contributed by atoms with Crippen molar-refractivity contribution in [2.24, 2.45) is 11.7 Å². The van der Waals surface area contributed by atoms with E-state index >= 15 is 0 Å². The van der Waals surface area contributed by atoms with Crippen molar-refractivity contribution in [3.8, 4) is 0 Å². The van der Waals surface area contributed by atoms with Crippen molar-refractivity contribution < 1.29 is 29.2 Å². The van der Waals surface area contributed by atoms with Crippen LogP contribution in [0.25, 0.3) is 0 Å². The number of fused-ring (bicyclic) bond motifs is 2. The average Bonchev–Trinajstić information content (AvgIpc) is 3.19. The number of aromatic nitrogens is 2. The summed E-state index contributed by atoms with van der Waals surface area (Å²) in [6, 6.07) is 0. The van der Waals surface area contributed by atoms with E-state index in [9.17, 15) is 24.6 Å². The first-order valence-electron chi connectivity index (χ1n) is 8.47. The molecule has 9 nitrogen and oxygen atoms in total. The van der Waals surface area contributed by atoms with E-state index < -0.39 is 23.9 Å². The highest BCUT2D eigenvalue weighted by Gasteiger charge is 2.58. The lowest BCUT2D eigenvalue weighted by atomic mass is 9.92. The zero-order valence-corrected chi connectivity index (χ0v) is 16.1. The number of nitrogens with two attached hydrogens (primary N) is 1. The molecule has 4 atom stereocenters. The molecular weight excluding hydrogens is 392 g/mol. The molecule has 0 spiro atoms. The molecule has 1 aromatic rings. The molecule has 27 heavy (non-hydrogen) atoms. The summed E-state index contributed by atoms with van der Waals surface area (Å²) in [4.78, 5) is 36.5. The van der Waals surface area contributed by atoms with Crippen LogP contribution in [0, 0.1) is 5.92 Å². The summed E-state index contributed by atoms with van der Waals surface area (Å²) in [6.45, 7) is 2.41. The molecule has 2 amide bonds. The Hall–Kier alpha value is -1.98. The van der Waals surface area contributed by atoms with E-state index in [4.69, 9.17) is 5.73 Å². The summed E-state index contributed by atoms with van der Waals surface area (Å²) >= 11 is 2.76. The van der Waals surface area contributed by atoms with E-state index in [0.29, 0.717) is 4.24 Å². The monoisotopic (exact) mass is 411 g/mol. The van der Waals surface area contributed by atoms with Gasteiger partial charge in [0.2, 0.25) is 12.2 Å². The molecule has 4 rings (SSSR count). The first kappa shape index (κ1) is 18.4. The molecule has 11 heteroatoms. The van der Waals surface area contributed by atoms with Crippen LogP contribution in [0.5, 0.6) is 0 Å². The Balaban J connectivity index is 1.57. The van der Waals surface area contributed by atoms with Gasteiger partial charge in [-0.15, -0.1) is 11.8 Å². The number of rotatable bonds is 6. The number of aliphatic carboxylic acids is 1. The van der Waals surface area contributed by atoms with Crippen molar-refractivity contribution in [1.82, 2.24) is 9.47 Å². The molecule has 3 aliphatic heterocycles. The quantitative estimate of drug-likeness (QED) is 0.429. The Kier molecular flexibility index (Phi) is 4.47. The smallest absolute Gasteiger partial charge is 0.354 e. The van der Waals surface area contributed by atoms with Gasteiger partial charge in [-0.05, 0) is 6.92 Å². The summed E-state index contributed by atoms with van der Waals surface area (Å²) in [5, 5.41) is 19.1. The Bertz CT molecular complexity index is 880. The van der Waals surface area contributed by atoms with Gasteiger partial charge in [-0.3, -0.25) is 14.5 Å². The van der Waals surface area contributed by atoms with Crippen molar-refractivity contribution in [3.63, 3.8) is 0 Å². The molecule has 144 valence electrons. The van der Waals surface area contributed by atoms with Crippen LogP contribution in [0.15, 0.2) is 22.5 Å². The third-order valence-corrected chi connectivity index (χ3v) is 7.84. The number of hydrogen-bond acceptors (Lipinski definition) is 6. The number of carbonyl (C=O) groups excluding carboxylic acids is 2. The largest absolute Gasteiger partial charge is 0.477 e. The Morgan fingerprint density at radius 1 is 1.52 bits per heavy atom. The highest BCUT2D eigenvalue weighted by Crippen LogP contribution is 2.57. The predicted octanol–water partition coefficient (Wildman–Crippen LogP) is -0.395. The fraction of sp³-hybridized carbons (Fsp3) is 0.500. The number of primary amides is 1. The lowest BCUT2D eigenvalue weighted by molar-refractivity contribution is -0.684. The zero-order valence-electron chi connectivity index (χ0n) is 14.4. The number of aliphatic hydroxyl groups is 1. The lowest BCUT2D eigenvalue weighted by Crippen LogP contribution is -2.60. The molecule has 0 saturated carbocycles. The predicted molar refractivity (Wildman–Crippen MR) is 96.8 cm³/mol. The highest BCUT2D eigenvalue weighted by atomic mass is 32.2. The summed E-state index contributed by atoms with van der Waals surface area (Å²) < 4.78 is 4.34. The minimum absolute atomic E-state index is 0.00641. The number of carbonyl (C=O) groups is 3. The lowest BCUT2D eigenvalue weighted by Gasteiger charge is -2.43. The Morgan fingerprint density at radius 2 is 2.26 bits per heavy atom. The van der Waals surface area contributed by atoms with Gasteiger partial charge in [0.15, 0.2) is 17.9 Å². The molecular formula is C16H19N4O5S2+. The standard InChI is InChI=1S/C16H18N4O5S2/c1-7(21)11-13(23)20-12(15(24)25)16(27-14(11)20)26-9-2-3-19-6-18(4-8(9)19)5-10(17)22/h4,6-7,9,11,14,21H,2-3,5H2,1H3,(H2-,17,22,24,25)/p+1/t7-,9+,11+,14-/m1/s1. The number of carboxylic acid groups (broad SMARTS) is 1. The van der Waals surface area contributed by atoms with Gasteiger partial charge < -0.3 is 15.9 Å². The molecule has 0 bridgehead atoms. The minimum atomic E-state index is -1.14. The molecule has 1 saturated heterocycles. The number of β-lactam (4-membered cyclic amide) rings is 1. The first-order chi connectivity index (χ1) is 12.8. The van der Waals surface area contributed by atoms with Crippen molar-refractivity contribution in [2.45, 2.75) is 43.2 Å². The number of thioether (sulfide) groups is 2. The van der Waals surface area contributed by atoms with Gasteiger partial charge >= 0.3 is 5.97 Å². The van der Waals surface area contributed by atoms with Gasteiger partial charge in [0.05, 0.1) is 28.1 Å². The first-order valence-corrected chi connectivity index (χ1v) is 10.2. The maximum absolute atomic E-state index is 12.3. The Labute approximate surface area is 163 Å². The van der Waals surface area contributed by atoms with Crippen LogP contribution in [0.2, 0.25) is 0 Å². The molecule has 3 aliphatic rings. The SMILES string of the molecule is C[C@@H](O)[C@H]1C(=O)N2C(C(=O)O)=C(S[C@H]3CCn4c[n+](CC(N)=O)cc43)S[C@H]12. The van der Waals surface area contributed by atoms with E-state index in [1.807, 2.05) is 17.1 Å². The van der Waals surface area contributed by atoms with Crippen LogP contribution in [-0.2, 0) is 27.5 Å². The fourth-order valence-corrected chi connectivity index (χ4v) is 7.01. The zero-order chi connectivity index (χ0) is 19.5. The van der Waals surface area contributed by atoms with Gasteiger partial charge in [0.25, 0.3) is 5.91 Å². The molecule has 4 N–H and O–H groups in total. The number of amides is 2. The number of hydrogen-bond donors (Lipinski definition) is 3. The van der Waals surface area contributed by atoms with Crippen LogP contribution in [0.4, 0.5) is 0 Å². The number of imidazole rings is 1. The van der Waals surface area contributed by atoms with E-state index in [1.165, 1.54) is 28.4 Å². The fourth-order valence-electron chi connectivity index (χ4n) is 3.73. The second-order valence-electron chi connectivity index (χ2n) is 6.82. The van der Waals surface area contributed by atoms with Crippen LogP contribution >= 0.6 is 23.5 Å². The minimum Gasteiger partial charge on any atom is -0.477 e. The highest BCUT2D eigenvalue weighted by molar-refractivity contribution is 8.22. The molecule has 0 unspecified atom stereocenters. The maximum atomic E-state index is 12.3. The molecule has 0 radical (unpaired) electrons. The van der Waals surface area contributed by atoms with Gasteiger partial charge in [-0.2, -0.15) is 0 Å². The van der Waals surface area contributed by atoms with Crippen molar-refractivity contribution in [3.05, 3.63) is 28.2 Å². The van der Waals surface area contributed by atoms with E-state index in [1.54, 1.807) is 11.5 Å². The van der Waals surface area contributed by atoms with Crippen molar-refractivity contribution in [1.29, 1.82) is 0 Å².